The standard InChI is InChI=1S/C19H35N3O4S/c1-4-6-8-9-10-12-14-27(24,25)22(13-11-7-5-2)16-19(23)20-18-15-17(3)26-21-18/h15H,4-14,16H2,1-3H3,(H,20,21,23). The van der Waals surface area contributed by atoms with Crippen LogP contribution in [0, 0.1) is 6.92 Å². The van der Waals surface area contributed by atoms with E-state index in [-0.39, 0.29) is 12.3 Å². The Morgan fingerprint density at radius 2 is 1.70 bits per heavy atom. The van der Waals surface area contributed by atoms with Crippen molar-refractivity contribution in [3.05, 3.63) is 11.8 Å². The highest BCUT2D eigenvalue weighted by Gasteiger charge is 2.24. The Hall–Kier alpha value is -1.41. The lowest BCUT2D eigenvalue weighted by atomic mass is 10.1. The van der Waals surface area contributed by atoms with Crippen LogP contribution in [0.5, 0.6) is 0 Å². The summed E-state index contributed by atoms with van der Waals surface area (Å²) in [7, 11) is -3.45. The normalized spacial score (nSPS) is 11.9. The number of hydrogen-bond donors (Lipinski definition) is 1. The minimum absolute atomic E-state index is 0.0988. The van der Waals surface area contributed by atoms with Crippen LogP contribution in [0.4, 0.5) is 5.82 Å². The molecule has 1 aromatic heterocycles. The van der Waals surface area contributed by atoms with Gasteiger partial charge in [0.1, 0.15) is 5.76 Å². The minimum Gasteiger partial charge on any atom is -0.360 e. The number of sulfonamides is 1. The van der Waals surface area contributed by atoms with E-state index >= 15 is 0 Å². The van der Waals surface area contributed by atoms with Gasteiger partial charge in [0.25, 0.3) is 0 Å². The Balaban J connectivity index is 2.57. The van der Waals surface area contributed by atoms with Crippen molar-refractivity contribution in [2.75, 3.05) is 24.2 Å². The molecule has 1 aromatic rings. The number of hydrogen-bond acceptors (Lipinski definition) is 5. The average molecular weight is 402 g/mol. The molecular weight excluding hydrogens is 366 g/mol. The topological polar surface area (TPSA) is 92.5 Å². The molecule has 0 aliphatic rings. The maximum absolute atomic E-state index is 12.7. The van der Waals surface area contributed by atoms with E-state index in [9.17, 15) is 13.2 Å². The van der Waals surface area contributed by atoms with Gasteiger partial charge >= 0.3 is 0 Å². The molecule has 1 heterocycles. The first-order valence-electron chi connectivity index (χ1n) is 10.1. The number of unbranched alkanes of at least 4 members (excludes halogenated alkanes) is 7. The molecule has 0 unspecified atom stereocenters. The van der Waals surface area contributed by atoms with Crippen molar-refractivity contribution in [1.29, 1.82) is 0 Å². The Kier molecular flexibility index (Phi) is 11.3. The maximum Gasteiger partial charge on any atom is 0.240 e. The molecule has 8 heteroatoms. The number of nitrogens with one attached hydrogen (secondary N) is 1. The third-order valence-electron chi connectivity index (χ3n) is 4.38. The zero-order valence-corrected chi connectivity index (χ0v) is 17.8. The van der Waals surface area contributed by atoms with Gasteiger partial charge in [0.05, 0.1) is 12.3 Å². The molecule has 27 heavy (non-hydrogen) atoms. The van der Waals surface area contributed by atoms with Gasteiger partial charge in [-0.1, -0.05) is 63.9 Å². The number of anilines is 1. The molecular formula is C19H35N3O4S. The quantitative estimate of drug-likeness (QED) is 0.447. The van der Waals surface area contributed by atoms with Crippen LogP contribution in [0.2, 0.25) is 0 Å². The first kappa shape index (κ1) is 23.6. The SMILES string of the molecule is CCCCCCCCS(=O)(=O)N(CCCCC)CC(=O)Nc1cc(C)on1. The fourth-order valence-corrected chi connectivity index (χ4v) is 4.36. The van der Waals surface area contributed by atoms with Crippen LogP contribution in [0.1, 0.15) is 77.4 Å². The highest BCUT2D eigenvalue weighted by molar-refractivity contribution is 7.89. The Morgan fingerprint density at radius 3 is 2.33 bits per heavy atom. The number of aryl methyl sites for hydroxylation is 1. The summed E-state index contributed by atoms with van der Waals surface area (Å²) in [5.74, 6) is 0.591. The number of nitrogens with zero attached hydrogens (tertiary/aromatic N) is 2. The molecule has 0 fully saturated rings. The van der Waals surface area contributed by atoms with Gasteiger partial charge in [-0.05, 0) is 19.8 Å². The second kappa shape index (κ2) is 12.9. The van der Waals surface area contributed by atoms with Crippen LogP contribution in [-0.4, -0.2) is 42.6 Å². The molecule has 1 rings (SSSR count). The molecule has 1 amide bonds. The molecule has 0 atom stereocenters. The molecule has 0 aliphatic heterocycles. The largest absolute Gasteiger partial charge is 0.360 e. The van der Waals surface area contributed by atoms with Crippen molar-refractivity contribution in [2.24, 2.45) is 0 Å². The van der Waals surface area contributed by atoms with Crippen molar-refractivity contribution in [3.8, 4) is 0 Å². The number of aromatic nitrogens is 1. The van der Waals surface area contributed by atoms with Gasteiger partial charge < -0.3 is 9.84 Å². The molecule has 0 saturated heterocycles. The zero-order chi connectivity index (χ0) is 20.1. The van der Waals surface area contributed by atoms with E-state index in [0.29, 0.717) is 24.5 Å². The summed E-state index contributed by atoms with van der Waals surface area (Å²) in [4.78, 5) is 12.3. The molecule has 0 saturated carbocycles. The lowest BCUT2D eigenvalue weighted by molar-refractivity contribution is -0.116. The summed E-state index contributed by atoms with van der Waals surface area (Å²) in [6, 6.07) is 1.60. The summed E-state index contributed by atoms with van der Waals surface area (Å²) < 4.78 is 31.7. The fourth-order valence-electron chi connectivity index (χ4n) is 2.82. The summed E-state index contributed by atoms with van der Waals surface area (Å²) in [5.41, 5.74) is 0. The summed E-state index contributed by atoms with van der Waals surface area (Å²) in [6.07, 6.45) is 8.81. The van der Waals surface area contributed by atoms with Crippen molar-refractivity contribution in [3.63, 3.8) is 0 Å². The first-order chi connectivity index (χ1) is 12.9. The minimum atomic E-state index is -3.45. The summed E-state index contributed by atoms with van der Waals surface area (Å²) >= 11 is 0. The first-order valence-corrected chi connectivity index (χ1v) is 11.7. The van der Waals surface area contributed by atoms with Gasteiger partial charge in [-0.15, -0.1) is 0 Å². The second-order valence-electron chi connectivity index (χ2n) is 7.00. The fraction of sp³-hybridized carbons (Fsp3) is 0.789. The number of carbonyl (C=O) groups is 1. The summed E-state index contributed by atoms with van der Waals surface area (Å²) in [5, 5.41) is 6.31. The van der Waals surface area contributed by atoms with E-state index < -0.39 is 15.9 Å². The van der Waals surface area contributed by atoms with Crippen LogP contribution in [-0.2, 0) is 14.8 Å². The van der Waals surface area contributed by atoms with Crippen LogP contribution >= 0.6 is 0 Å². The van der Waals surface area contributed by atoms with E-state index in [1.807, 2.05) is 0 Å². The Morgan fingerprint density at radius 1 is 1.07 bits per heavy atom. The maximum atomic E-state index is 12.7. The van der Waals surface area contributed by atoms with Gasteiger partial charge in [0.15, 0.2) is 5.82 Å². The summed E-state index contributed by atoms with van der Waals surface area (Å²) in [6.45, 7) is 6.13. The highest BCUT2D eigenvalue weighted by atomic mass is 32.2. The molecule has 7 nitrogen and oxygen atoms in total. The van der Waals surface area contributed by atoms with E-state index in [2.05, 4.69) is 24.3 Å². The lowest BCUT2D eigenvalue weighted by Gasteiger charge is -2.21. The molecule has 0 aliphatic carbocycles. The zero-order valence-electron chi connectivity index (χ0n) is 17.0. The molecule has 156 valence electrons. The van der Waals surface area contributed by atoms with E-state index in [1.54, 1.807) is 13.0 Å². The number of carbonyl (C=O) groups excluding carboxylic acids is 1. The van der Waals surface area contributed by atoms with Gasteiger partial charge in [0, 0.05) is 12.6 Å². The molecule has 0 spiro atoms. The van der Waals surface area contributed by atoms with Crippen molar-refractivity contribution in [1.82, 2.24) is 9.46 Å². The number of rotatable bonds is 15. The molecule has 0 aromatic carbocycles. The number of amides is 1. The predicted octanol–water partition coefficient (Wildman–Crippen LogP) is 4.10. The third kappa shape index (κ3) is 9.91. The predicted molar refractivity (Wildman–Crippen MR) is 108 cm³/mol. The highest BCUT2D eigenvalue weighted by Crippen LogP contribution is 2.12. The van der Waals surface area contributed by atoms with Crippen LogP contribution in [0.15, 0.2) is 10.6 Å². The third-order valence-corrected chi connectivity index (χ3v) is 6.28. The van der Waals surface area contributed by atoms with Crippen LogP contribution < -0.4 is 5.32 Å². The molecule has 1 N–H and O–H groups in total. The van der Waals surface area contributed by atoms with E-state index in [0.717, 1.165) is 38.5 Å². The Labute approximate surface area is 163 Å². The van der Waals surface area contributed by atoms with Crippen LogP contribution in [0.3, 0.4) is 0 Å². The van der Waals surface area contributed by atoms with Crippen molar-refractivity contribution in [2.45, 2.75) is 78.6 Å². The van der Waals surface area contributed by atoms with Crippen molar-refractivity contribution < 1.29 is 17.7 Å². The van der Waals surface area contributed by atoms with Crippen LogP contribution in [0.25, 0.3) is 0 Å². The van der Waals surface area contributed by atoms with E-state index in [1.165, 1.54) is 17.1 Å². The van der Waals surface area contributed by atoms with Gasteiger partial charge in [0.2, 0.25) is 15.9 Å². The lowest BCUT2D eigenvalue weighted by Crippen LogP contribution is -2.40. The van der Waals surface area contributed by atoms with Gasteiger partial charge in [-0.3, -0.25) is 4.79 Å². The Bertz CT molecular complexity index is 643. The smallest absolute Gasteiger partial charge is 0.240 e. The van der Waals surface area contributed by atoms with Gasteiger partial charge in [-0.25, -0.2) is 8.42 Å². The molecule has 0 bridgehead atoms. The second-order valence-corrected chi connectivity index (χ2v) is 9.08. The molecule has 0 radical (unpaired) electrons. The van der Waals surface area contributed by atoms with E-state index in [4.69, 9.17) is 4.52 Å². The van der Waals surface area contributed by atoms with Crippen molar-refractivity contribution >= 4 is 21.7 Å². The average Bonchev–Trinajstić information content (AvgIpc) is 3.02. The van der Waals surface area contributed by atoms with Gasteiger partial charge in [-0.2, -0.15) is 4.31 Å². The monoisotopic (exact) mass is 401 g/mol.